The number of alkyl halides is 2. The lowest BCUT2D eigenvalue weighted by Crippen LogP contribution is -2.22. The van der Waals surface area contributed by atoms with E-state index < -0.39 is 24.2 Å². The lowest BCUT2D eigenvalue weighted by atomic mass is 10.3. The maximum atomic E-state index is 12.5. The van der Waals surface area contributed by atoms with Gasteiger partial charge in [-0.1, -0.05) is 42.1 Å². The van der Waals surface area contributed by atoms with Crippen molar-refractivity contribution in [3.63, 3.8) is 0 Å². The molecule has 0 saturated heterocycles. The number of amides is 1. The van der Waals surface area contributed by atoms with Crippen LogP contribution >= 0.6 is 11.8 Å². The monoisotopic (exact) mass is 381 g/mol. The Morgan fingerprint density at radius 2 is 1.73 bits per heavy atom. The molecule has 2 aromatic rings. The number of carbonyl (C=O) groups excluding carboxylic acids is 2. The second kappa shape index (κ2) is 10.4. The van der Waals surface area contributed by atoms with Crippen molar-refractivity contribution in [1.29, 1.82) is 0 Å². The van der Waals surface area contributed by atoms with Gasteiger partial charge in [-0.3, -0.25) is 9.59 Å². The quantitative estimate of drug-likeness (QED) is 0.526. The Balaban J connectivity index is 1.72. The number of rotatable bonds is 9. The van der Waals surface area contributed by atoms with Crippen LogP contribution in [0.15, 0.2) is 59.5 Å². The van der Waals surface area contributed by atoms with E-state index in [1.807, 2.05) is 18.2 Å². The van der Waals surface area contributed by atoms with E-state index in [0.717, 1.165) is 0 Å². The van der Waals surface area contributed by atoms with Crippen LogP contribution in [0.2, 0.25) is 0 Å². The first kappa shape index (κ1) is 19.7. The van der Waals surface area contributed by atoms with Crippen molar-refractivity contribution in [3.05, 3.63) is 54.6 Å². The molecule has 0 bridgehead atoms. The summed E-state index contributed by atoms with van der Waals surface area (Å²) in [7, 11) is 0. The second-order valence-corrected chi connectivity index (χ2v) is 6.03. The number of benzene rings is 2. The summed E-state index contributed by atoms with van der Waals surface area (Å²) in [6, 6.07) is 15.1. The average molecular weight is 381 g/mol. The number of nitrogens with one attached hydrogen (secondary N) is 1. The molecule has 1 amide bonds. The fourth-order valence-electron chi connectivity index (χ4n) is 1.94. The summed E-state index contributed by atoms with van der Waals surface area (Å²) in [5, 5.41) is 2.45. The van der Waals surface area contributed by atoms with Crippen molar-refractivity contribution in [2.24, 2.45) is 0 Å². The first-order chi connectivity index (χ1) is 12.5. The zero-order chi connectivity index (χ0) is 18.8. The predicted molar refractivity (Wildman–Crippen MR) is 94.4 cm³/mol. The zero-order valence-corrected chi connectivity index (χ0v) is 14.5. The van der Waals surface area contributed by atoms with Gasteiger partial charge in [-0.25, -0.2) is 0 Å². The molecule has 0 aliphatic carbocycles. The Kier molecular flexibility index (Phi) is 7.88. The molecule has 5 nitrogen and oxygen atoms in total. The Bertz CT molecular complexity index is 728. The average Bonchev–Trinajstić information content (AvgIpc) is 2.62. The zero-order valence-electron chi connectivity index (χ0n) is 13.7. The number of anilines is 1. The van der Waals surface area contributed by atoms with Gasteiger partial charge in [-0.15, -0.1) is 0 Å². The molecule has 0 spiro atoms. The standard InChI is InChI=1S/C18H17F2NO4S/c19-18(20)26-15-9-5-4-8-14(15)21-16(22)12-25-17(23)10-11-24-13-6-2-1-3-7-13/h1-9,18H,10-12H2,(H,21,22). The van der Waals surface area contributed by atoms with Crippen LogP contribution in [0.25, 0.3) is 0 Å². The Morgan fingerprint density at radius 3 is 2.46 bits per heavy atom. The normalized spacial score (nSPS) is 10.4. The number of hydrogen-bond acceptors (Lipinski definition) is 5. The molecule has 138 valence electrons. The Labute approximate surface area is 153 Å². The minimum atomic E-state index is -2.60. The molecule has 2 aromatic carbocycles. The summed E-state index contributed by atoms with van der Waals surface area (Å²) in [6.07, 6.45) is -0.0139. The van der Waals surface area contributed by atoms with Gasteiger partial charge in [0.15, 0.2) is 6.61 Å². The van der Waals surface area contributed by atoms with Gasteiger partial charge in [-0.05, 0) is 24.3 Å². The van der Waals surface area contributed by atoms with Gasteiger partial charge in [-0.2, -0.15) is 8.78 Å². The van der Waals surface area contributed by atoms with Gasteiger partial charge in [0.25, 0.3) is 11.7 Å². The number of esters is 1. The number of hydrogen-bond donors (Lipinski definition) is 1. The summed E-state index contributed by atoms with van der Waals surface area (Å²) in [5.74, 6) is -3.17. The molecule has 0 fully saturated rings. The molecule has 0 radical (unpaired) electrons. The van der Waals surface area contributed by atoms with E-state index in [1.54, 1.807) is 24.3 Å². The minimum absolute atomic E-state index is 0.0139. The molecule has 0 saturated carbocycles. The van der Waals surface area contributed by atoms with Crippen LogP contribution in [-0.4, -0.2) is 30.8 Å². The van der Waals surface area contributed by atoms with E-state index in [1.165, 1.54) is 12.1 Å². The molecular weight excluding hydrogens is 364 g/mol. The largest absolute Gasteiger partial charge is 0.493 e. The lowest BCUT2D eigenvalue weighted by molar-refractivity contribution is -0.147. The predicted octanol–water partition coefficient (Wildman–Crippen LogP) is 3.95. The third-order valence-corrected chi connectivity index (χ3v) is 3.85. The van der Waals surface area contributed by atoms with Crippen LogP contribution in [0.1, 0.15) is 6.42 Å². The maximum absolute atomic E-state index is 12.5. The maximum Gasteiger partial charge on any atom is 0.309 e. The van der Waals surface area contributed by atoms with Crippen molar-refractivity contribution in [2.75, 3.05) is 18.5 Å². The van der Waals surface area contributed by atoms with Crippen LogP contribution in [0.5, 0.6) is 5.75 Å². The molecule has 0 aliphatic rings. The van der Waals surface area contributed by atoms with Crippen LogP contribution < -0.4 is 10.1 Å². The third kappa shape index (κ3) is 7.10. The smallest absolute Gasteiger partial charge is 0.309 e. The Hall–Kier alpha value is -2.61. The summed E-state index contributed by atoms with van der Waals surface area (Å²) < 4.78 is 35.2. The topological polar surface area (TPSA) is 64.6 Å². The first-order valence-electron chi connectivity index (χ1n) is 7.72. The highest BCUT2D eigenvalue weighted by Gasteiger charge is 2.13. The number of ether oxygens (including phenoxy) is 2. The van der Waals surface area contributed by atoms with E-state index in [2.05, 4.69) is 5.32 Å². The fraction of sp³-hybridized carbons (Fsp3) is 0.222. The lowest BCUT2D eigenvalue weighted by Gasteiger charge is -2.11. The fourth-order valence-corrected chi connectivity index (χ4v) is 2.54. The molecule has 0 aromatic heterocycles. The highest BCUT2D eigenvalue weighted by molar-refractivity contribution is 7.99. The van der Waals surface area contributed by atoms with Gasteiger partial charge in [0.05, 0.1) is 18.7 Å². The molecule has 1 N–H and O–H groups in total. The van der Waals surface area contributed by atoms with E-state index in [-0.39, 0.29) is 23.6 Å². The van der Waals surface area contributed by atoms with Gasteiger partial charge >= 0.3 is 5.97 Å². The SMILES string of the molecule is O=C(COC(=O)CCOc1ccccc1)Nc1ccccc1SC(F)F. The van der Waals surface area contributed by atoms with Gasteiger partial charge < -0.3 is 14.8 Å². The number of carbonyl (C=O) groups is 2. The second-order valence-electron chi connectivity index (χ2n) is 5.00. The molecule has 8 heteroatoms. The van der Waals surface area contributed by atoms with Crippen LogP contribution in [0.4, 0.5) is 14.5 Å². The van der Waals surface area contributed by atoms with Crippen LogP contribution in [0.3, 0.4) is 0 Å². The van der Waals surface area contributed by atoms with Gasteiger partial charge in [0.2, 0.25) is 0 Å². The van der Waals surface area contributed by atoms with E-state index in [9.17, 15) is 18.4 Å². The Morgan fingerprint density at radius 1 is 1.04 bits per heavy atom. The van der Waals surface area contributed by atoms with Crippen molar-refractivity contribution in [1.82, 2.24) is 0 Å². The number of para-hydroxylation sites is 2. The third-order valence-electron chi connectivity index (χ3n) is 3.06. The van der Waals surface area contributed by atoms with Crippen molar-refractivity contribution >= 4 is 29.3 Å². The summed E-state index contributed by atoms with van der Waals surface area (Å²) in [4.78, 5) is 23.7. The van der Waals surface area contributed by atoms with Crippen LogP contribution in [0, 0.1) is 0 Å². The van der Waals surface area contributed by atoms with Crippen molar-refractivity contribution in [2.45, 2.75) is 17.1 Å². The summed E-state index contributed by atoms with van der Waals surface area (Å²) in [5.41, 5.74) is 0.242. The van der Waals surface area contributed by atoms with E-state index in [0.29, 0.717) is 17.5 Å². The van der Waals surface area contributed by atoms with Crippen molar-refractivity contribution < 1.29 is 27.8 Å². The molecule has 0 aliphatic heterocycles. The summed E-state index contributed by atoms with van der Waals surface area (Å²) >= 11 is 0.328. The highest BCUT2D eigenvalue weighted by atomic mass is 32.2. The number of thioether (sulfide) groups is 1. The van der Waals surface area contributed by atoms with Crippen LogP contribution in [-0.2, 0) is 14.3 Å². The van der Waals surface area contributed by atoms with Gasteiger partial charge in [0, 0.05) is 4.90 Å². The van der Waals surface area contributed by atoms with Crippen molar-refractivity contribution in [3.8, 4) is 5.75 Å². The molecule has 0 heterocycles. The molecular formula is C18H17F2NO4S. The number of halogens is 2. The minimum Gasteiger partial charge on any atom is -0.493 e. The molecule has 26 heavy (non-hydrogen) atoms. The highest BCUT2D eigenvalue weighted by Crippen LogP contribution is 2.31. The van der Waals surface area contributed by atoms with E-state index >= 15 is 0 Å². The first-order valence-corrected chi connectivity index (χ1v) is 8.59. The summed E-state index contributed by atoms with van der Waals surface area (Å²) in [6.45, 7) is -0.379. The molecule has 0 atom stereocenters. The molecule has 0 unspecified atom stereocenters. The van der Waals surface area contributed by atoms with E-state index in [4.69, 9.17) is 9.47 Å². The molecule has 2 rings (SSSR count). The van der Waals surface area contributed by atoms with Gasteiger partial charge in [0.1, 0.15) is 5.75 Å².